The van der Waals surface area contributed by atoms with E-state index >= 15 is 0 Å². The first kappa shape index (κ1) is 22.4. The van der Waals surface area contributed by atoms with Crippen LogP contribution in [0.1, 0.15) is 36.2 Å². The van der Waals surface area contributed by atoms with Crippen molar-refractivity contribution in [1.29, 1.82) is 0 Å². The molecule has 142 valence electrons. The van der Waals surface area contributed by atoms with Crippen molar-refractivity contribution in [2.24, 2.45) is 0 Å². The Morgan fingerprint density at radius 1 is 1.30 bits per heavy atom. The molecular weight excluding hydrogens is 382 g/mol. The first-order valence-electron chi connectivity index (χ1n) is 8.12. The number of carbonyl (C=O) groups excluding carboxylic acids is 1. The van der Waals surface area contributed by atoms with Crippen molar-refractivity contribution in [2.75, 3.05) is 5.32 Å². The highest BCUT2D eigenvalue weighted by molar-refractivity contribution is 7.15. The summed E-state index contributed by atoms with van der Waals surface area (Å²) in [5, 5.41) is 14.7. The van der Waals surface area contributed by atoms with Crippen molar-refractivity contribution >= 4 is 45.4 Å². The van der Waals surface area contributed by atoms with Crippen LogP contribution in [0.2, 0.25) is 0 Å². The van der Waals surface area contributed by atoms with E-state index in [1.54, 1.807) is 48.8 Å². The van der Waals surface area contributed by atoms with E-state index in [1.165, 1.54) is 0 Å². The lowest BCUT2D eigenvalue weighted by atomic mass is 10.0. The fraction of sp³-hybridized carbons (Fsp3) is 0.143. The molecule has 0 bridgehead atoms. The molecule has 0 fully saturated rings. The Bertz CT molecular complexity index is 857. The molecule has 1 heterocycles. The lowest BCUT2D eigenvalue weighted by molar-refractivity contribution is -0.115. The molecule has 1 aromatic rings. The maximum atomic E-state index is 12.3. The van der Waals surface area contributed by atoms with Crippen LogP contribution in [-0.2, 0) is 4.79 Å². The topological polar surface area (TPSA) is 66.4 Å². The van der Waals surface area contributed by atoms with Gasteiger partial charge in [0.25, 0.3) is 0 Å². The summed E-state index contributed by atoms with van der Waals surface area (Å²) in [5.74, 6) is -1.42. The zero-order valence-electron chi connectivity index (χ0n) is 15.3. The van der Waals surface area contributed by atoms with Crippen LogP contribution in [0.3, 0.4) is 0 Å². The molecule has 27 heavy (non-hydrogen) atoms. The third-order valence-electron chi connectivity index (χ3n) is 3.40. The summed E-state index contributed by atoms with van der Waals surface area (Å²) in [6.45, 7) is 10.9. The summed E-state index contributed by atoms with van der Waals surface area (Å²) in [4.78, 5) is 24.1. The average Bonchev–Trinajstić information content (AvgIpc) is 2.99. The van der Waals surface area contributed by atoms with E-state index in [0.717, 1.165) is 16.9 Å². The van der Waals surface area contributed by atoms with E-state index < -0.39 is 5.97 Å². The molecule has 0 atom stereocenters. The standard InChI is InChI=1S/C21H22ClNO3S/c1-5-8-15(9-6-2)12-18(24)23-20-19(21(25)26)17(13-27-20)16(7-3)11-10-14(4)22/h5-11,13H,1,4,12H2,2-3H3,(H,23,24)(H,25,26). The van der Waals surface area contributed by atoms with E-state index in [9.17, 15) is 14.7 Å². The SMILES string of the molecule is C=CC=C(C=CC)CC(=O)Nc1scc(C(C=CC(=C)Cl)=CC)c1C(=O)O. The van der Waals surface area contributed by atoms with Crippen LogP contribution in [0, 0.1) is 0 Å². The number of hydrogen-bond acceptors (Lipinski definition) is 3. The van der Waals surface area contributed by atoms with Crippen molar-refractivity contribution < 1.29 is 14.7 Å². The Hall–Kier alpha value is -2.63. The van der Waals surface area contributed by atoms with Crippen molar-refractivity contribution in [3.8, 4) is 0 Å². The predicted octanol–water partition coefficient (Wildman–Crippen LogP) is 6.18. The lowest BCUT2D eigenvalue weighted by Gasteiger charge is -2.07. The molecule has 0 saturated carbocycles. The number of carboxylic acids is 1. The molecule has 0 aliphatic rings. The molecule has 0 radical (unpaired) electrons. The molecular formula is C21H22ClNO3S. The van der Waals surface area contributed by atoms with Crippen molar-refractivity contribution in [3.63, 3.8) is 0 Å². The number of allylic oxidation sites excluding steroid dienone is 9. The van der Waals surface area contributed by atoms with Gasteiger partial charge in [0.1, 0.15) is 10.6 Å². The quantitative estimate of drug-likeness (QED) is 0.484. The van der Waals surface area contributed by atoms with Crippen molar-refractivity contribution in [2.45, 2.75) is 20.3 Å². The molecule has 0 aliphatic carbocycles. The van der Waals surface area contributed by atoms with Gasteiger partial charge in [-0.05, 0) is 31.1 Å². The normalized spacial score (nSPS) is 12.6. The number of rotatable bonds is 9. The number of anilines is 1. The third-order valence-corrected chi connectivity index (χ3v) is 4.42. The second kappa shape index (κ2) is 11.2. The summed E-state index contributed by atoms with van der Waals surface area (Å²) >= 11 is 6.91. The third kappa shape index (κ3) is 6.89. The highest BCUT2D eigenvalue weighted by atomic mass is 35.5. The smallest absolute Gasteiger partial charge is 0.339 e. The first-order chi connectivity index (χ1) is 12.8. The van der Waals surface area contributed by atoms with Crippen LogP contribution in [0.25, 0.3) is 5.57 Å². The Balaban J connectivity index is 3.17. The van der Waals surface area contributed by atoms with Crippen LogP contribution in [0.15, 0.2) is 71.7 Å². The van der Waals surface area contributed by atoms with E-state index in [-0.39, 0.29) is 17.9 Å². The Morgan fingerprint density at radius 2 is 2.00 bits per heavy atom. The van der Waals surface area contributed by atoms with Crippen LogP contribution < -0.4 is 5.32 Å². The molecule has 0 spiro atoms. The van der Waals surface area contributed by atoms with Crippen LogP contribution in [0.4, 0.5) is 5.00 Å². The number of hydrogen-bond donors (Lipinski definition) is 2. The first-order valence-corrected chi connectivity index (χ1v) is 9.37. The molecule has 0 unspecified atom stereocenters. The second-order valence-corrected chi connectivity index (χ2v) is 6.75. The van der Waals surface area contributed by atoms with E-state index in [4.69, 9.17) is 11.6 Å². The highest BCUT2D eigenvalue weighted by Crippen LogP contribution is 2.34. The number of carbonyl (C=O) groups is 2. The molecule has 2 N–H and O–H groups in total. The molecule has 4 nitrogen and oxygen atoms in total. The van der Waals surface area contributed by atoms with Crippen molar-refractivity contribution in [3.05, 3.63) is 82.8 Å². The van der Waals surface area contributed by atoms with Gasteiger partial charge in [0, 0.05) is 16.0 Å². The van der Waals surface area contributed by atoms with Gasteiger partial charge < -0.3 is 10.4 Å². The number of carboxylic acid groups (broad SMARTS) is 1. The minimum absolute atomic E-state index is 0.0477. The second-order valence-electron chi connectivity index (χ2n) is 5.39. The molecule has 0 aliphatic heterocycles. The lowest BCUT2D eigenvalue weighted by Crippen LogP contribution is -2.13. The summed E-state index contributed by atoms with van der Waals surface area (Å²) in [7, 11) is 0. The van der Waals surface area contributed by atoms with Gasteiger partial charge in [0.15, 0.2) is 0 Å². The Morgan fingerprint density at radius 3 is 2.52 bits per heavy atom. The number of nitrogens with one attached hydrogen (secondary N) is 1. The summed E-state index contributed by atoms with van der Waals surface area (Å²) in [5.41, 5.74) is 2.00. The monoisotopic (exact) mass is 403 g/mol. The van der Waals surface area contributed by atoms with Gasteiger partial charge in [-0.3, -0.25) is 4.79 Å². The maximum Gasteiger partial charge on any atom is 0.339 e. The van der Waals surface area contributed by atoms with Crippen LogP contribution in [0.5, 0.6) is 0 Å². The zero-order valence-corrected chi connectivity index (χ0v) is 16.9. The van der Waals surface area contributed by atoms with Gasteiger partial charge in [-0.15, -0.1) is 11.3 Å². The number of aromatic carboxylic acids is 1. The van der Waals surface area contributed by atoms with E-state index in [1.807, 2.05) is 13.0 Å². The van der Waals surface area contributed by atoms with E-state index in [0.29, 0.717) is 21.2 Å². The van der Waals surface area contributed by atoms with Crippen LogP contribution in [-0.4, -0.2) is 17.0 Å². The summed E-state index contributed by atoms with van der Waals surface area (Å²) < 4.78 is 0. The largest absolute Gasteiger partial charge is 0.478 e. The average molecular weight is 404 g/mol. The van der Waals surface area contributed by atoms with E-state index in [2.05, 4.69) is 18.5 Å². The predicted molar refractivity (Wildman–Crippen MR) is 115 cm³/mol. The highest BCUT2D eigenvalue weighted by Gasteiger charge is 2.21. The molecule has 1 amide bonds. The zero-order chi connectivity index (χ0) is 20.4. The fourth-order valence-corrected chi connectivity index (χ4v) is 3.33. The Kier molecular flexibility index (Phi) is 9.26. The number of amides is 1. The van der Waals surface area contributed by atoms with Gasteiger partial charge >= 0.3 is 5.97 Å². The van der Waals surface area contributed by atoms with Gasteiger partial charge in [-0.25, -0.2) is 4.79 Å². The number of halogens is 1. The van der Waals surface area contributed by atoms with Crippen molar-refractivity contribution in [1.82, 2.24) is 0 Å². The number of thiophene rings is 1. The molecule has 0 saturated heterocycles. The minimum Gasteiger partial charge on any atom is -0.478 e. The minimum atomic E-state index is -1.12. The molecule has 6 heteroatoms. The molecule has 1 rings (SSSR count). The Labute approximate surface area is 168 Å². The molecule has 0 aromatic carbocycles. The summed E-state index contributed by atoms with van der Waals surface area (Å²) in [6, 6.07) is 0. The van der Waals surface area contributed by atoms with Gasteiger partial charge in [0.2, 0.25) is 5.91 Å². The van der Waals surface area contributed by atoms with Gasteiger partial charge in [-0.1, -0.05) is 61.2 Å². The maximum absolute atomic E-state index is 12.3. The van der Waals surface area contributed by atoms with Gasteiger partial charge in [-0.2, -0.15) is 0 Å². The fourth-order valence-electron chi connectivity index (χ4n) is 2.29. The summed E-state index contributed by atoms with van der Waals surface area (Å²) in [6.07, 6.45) is 12.1. The molecule has 1 aromatic heterocycles. The van der Waals surface area contributed by atoms with Gasteiger partial charge in [0.05, 0.1) is 6.42 Å². The van der Waals surface area contributed by atoms with Crippen LogP contribution >= 0.6 is 22.9 Å².